The lowest BCUT2D eigenvalue weighted by atomic mass is 9.93. The van der Waals surface area contributed by atoms with Gasteiger partial charge in [-0.05, 0) is 10.8 Å². The van der Waals surface area contributed by atoms with Crippen molar-refractivity contribution in [2.75, 3.05) is 52.4 Å². The summed E-state index contributed by atoms with van der Waals surface area (Å²) in [5.74, 6) is 0. The van der Waals surface area contributed by atoms with Gasteiger partial charge in [-0.1, -0.05) is 41.5 Å². The maximum absolute atomic E-state index is 2.72. The highest BCUT2D eigenvalue weighted by molar-refractivity contribution is 4.92. The fourth-order valence-corrected chi connectivity index (χ4v) is 3.53. The Morgan fingerprint density at radius 3 is 1.60 bits per heavy atom. The lowest BCUT2D eigenvalue weighted by molar-refractivity contribution is -0.0124. The van der Waals surface area contributed by atoms with E-state index >= 15 is 0 Å². The van der Waals surface area contributed by atoms with Crippen molar-refractivity contribution < 1.29 is 0 Å². The van der Waals surface area contributed by atoms with E-state index in [4.69, 9.17) is 0 Å². The van der Waals surface area contributed by atoms with Gasteiger partial charge in [0, 0.05) is 58.4 Å². The molecule has 3 nitrogen and oxygen atoms in total. The van der Waals surface area contributed by atoms with Crippen LogP contribution in [0, 0.1) is 10.8 Å². The summed E-state index contributed by atoms with van der Waals surface area (Å²) < 4.78 is 0. The SMILES string of the molecule is CC(C)(C)CN1CCN(C2CN(CC(C)(C)C)C2)CC1. The van der Waals surface area contributed by atoms with Crippen LogP contribution in [0.15, 0.2) is 0 Å². The van der Waals surface area contributed by atoms with Gasteiger partial charge in [0.05, 0.1) is 0 Å². The lowest BCUT2D eigenvalue weighted by Gasteiger charge is -2.50. The molecule has 0 aromatic heterocycles. The van der Waals surface area contributed by atoms with E-state index < -0.39 is 0 Å². The molecule has 118 valence electrons. The first kappa shape index (κ1) is 16.3. The molecule has 0 atom stereocenters. The molecule has 0 spiro atoms. The van der Waals surface area contributed by atoms with Crippen LogP contribution in [-0.2, 0) is 0 Å². The standard InChI is InChI=1S/C17H35N3/c1-16(2,3)13-18-7-9-20(10-8-18)15-11-19(12-15)14-17(4,5)6/h15H,7-14H2,1-6H3. The molecule has 0 amide bonds. The van der Waals surface area contributed by atoms with E-state index in [9.17, 15) is 0 Å². The number of hydrogen-bond acceptors (Lipinski definition) is 3. The highest BCUT2D eigenvalue weighted by atomic mass is 15.3. The first-order chi connectivity index (χ1) is 9.12. The van der Waals surface area contributed by atoms with Crippen molar-refractivity contribution in [1.82, 2.24) is 14.7 Å². The fourth-order valence-electron chi connectivity index (χ4n) is 3.53. The monoisotopic (exact) mass is 281 g/mol. The van der Waals surface area contributed by atoms with Crippen LogP contribution in [0.2, 0.25) is 0 Å². The first-order valence-corrected chi connectivity index (χ1v) is 8.31. The average molecular weight is 281 g/mol. The Balaban J connectivity index is 1.66. The van der Waals surface area contributed by atoms with Crippen LogP contribution in [0.4, 0.5) is 0 Å². The summed E-state index contributed by atoms with van der Waals surface area (Å²) in [7, 11) is 0. The van der Waals surface area contributed by atoms with Crippen LogP contribution >= 0.6 is 0 Å². The number of likely N-dealkylation sites (tertiary alicyclic amines) is 1. The van der Waals surface area contributed by atoms with Crippen molar-refractivity contribution in [3.05, 3.63) is 0 Å². The van der Waals surface area contributed by atoms with Gasteiger partial charge in [0.15, 0.2) is 0 Å². The van der Waals surface area contributed by atoms with E-state index in [1.54, 1.807) is 0 Å². The fraction of sp³-hybridized carbons (Fsp3) is 1.00. The van der Waals surface area contributed by atoms with Gasteiger partial charge < -0.3 is 4.90 Å². The Hall–Kier alpha value is -0.120. The largest absolute Gasteiger partial charge is 0.300 e. The molecule has 0 radical (unpaired) electrons. The summed E-state index contributed by atoms with van der Waals surface area (Å²) in [6.45, 7) is 24.2. The second-order valence-corrected chi connectivity index (χ2v) is 9.28. The molecule has 2 aliphatic rings. The van der Waals surface area contributed by atoms with Crippen LogP contribution in [0.5, 0.6) is 0 Å². The van der Waals surface area contributed by atoms with Crippen molar-refractivity contribution in [3.8, 4) is 0 Å². The van der Waals surface area contributed by atoms with Gasteiger partial charge in [-0.3, -0.25) is 9.80 Å². The third-order valence-corrected chi connectivity index (χ3v) is 4.26. The number of hydrogen-bond donors (Lipinski definition) is 0. The second kappa shape index (κ2) is 5.94. The van der Waals surface area contributed by atoms with Crippen molar-refractivity contribution in [3.63, 3.8) is 0 Å². The molecule has 0 saturated carbocycles. The van der Waals surface area contributed by atoms with E-state index in [0.717, 1.165) is 6.04 Å². The smallest absolute Gasteiger partial charge is 0.0351 e. The molecule has 2 rings (SSSR count). The molecular weight excluding hydrogens is 246 g/mol. The van der Waals surface area contributed by atoms with Gasteiger partial charge in [-0.2, -0.15) is 0 Å². The van der Waals surface area contributed by atoms with Crippen LogP contribution in [0.1, 0.15) is 41.5 Å². The number of rotatable bonds is 3. The molecule has 0 aliphatic carbocycles. The minimum Gasteiger partial charge on any atom is -0.300 e. The Bertz CT molecular complexity index is 299. The maximum Gasteiger partial charge on any atom is 0.0351 e. The quantitative estimate of drug-likeness (QED) is 0.786. The second-order valence-electron chi connectivity index (χ2n) is 9.28. The van der Waals surface area contributed by atoms with Gasteiger partial charge in [0.1, 0.15) is 0 Å². The van der Waals surface area contributed by atoms with Crippen LogP contribution in [-0.4, -0.2) is 73.1 Å². The van der Waals surface area contributed by atoms with E-state index in [0.29, 0.717) is 10.8 Å². The molecule has 0 bridgehead atoms. The molecule has 0 unspecified atom stereocenters. The Kier molecular flexibility index (Phi) is 4.83. The van der Waals surface area contributed by atoms with Gasteiger partial charge in [-0.25, -0.2) is 0 Å². The number of nitrogens with zero attached hydrogens (tertiary/aromatic N) is 3. The molecule has 0 aromatic rings. The lowest BCUT2D eigenvalue weighted by Crippen LogP contribution is -2.64. The topological polar surface area (TPSA) is 9.72 Å². The molecule has 0 aromatic carbocycles. The molecule has 0 N–H and O–H groups in total. The van der Waals surface area contributed by atoms with E-state index in [2.05, 4.69) is 56.2 Å². The Morgan fingerprint density at radius 1 is 0.700 bits per heavy atom. The van der Waals surface area contributed by atoms with Gasteiger partial charge >= 0.3 is 0 Å². The van der Waals surface area contributed by atoms with Crippen molar-refractivity contribution >= 4 is 0 Å². The van der Waals surface area contributed by atoms with Crippen molar-refractivity contribution in [1.29, 1.82) is 0 Å². The molecule has 2 heterocycles. The highest BCUT2D eigenvalue weighted by Crippen LogP contribution is 2.23. The summed E-state index contributed by atoms with van der Waals surface area (Å²) in [6, 6.07) is 0.828. The third kappa shape index (κ3) is 5.01. The molecular formula is C17H35N3. The molecule has 2 aliphatic heterocycles. The van der Waals surface area contributed by atoms with Crippen molar-refractivity contribution in [2.24, 2.45) is 10.8 Å². The van der Waals surface area contributed by atoms with Crippen LogP contribution < -0.4 is 0 Å². The Morgan fingerprint density at radius 2 is 1.15 bits per heavy atom. The summed E-state index contributed by atoms with van der Waals surface area (Å²) in [6.07, 6.45) is 0. The Labute approximate surface area is 126 Å². The van der Waals surface area contributed by atoms with E-state index in [1.807, 2.05) is 0 Å². The predicted octanol–water partition coefficient (Wildman–Crippen LogP) is 2.38. The van der Waals surface area contributed by atoms with Gasteiger partial charge in [0.25, 0.3) is 0 Å². The van der Waals surface area contributed by atoms with Gasteiger partial charge in [-0.15, -0.1) is 0 Å². The summed E-state index contributed by atoms with van der Waals surface area (Å²) in [5, 5.41) is 0. The van der Waals surface area contributed by atoms with E-state index in [1.165, 1.54) is 52.4 Å². The maximum atomic E-state index is 2.72. The molecule has 2 saturated heterocycles. The molecule has 20 heavy (non-hydrogen) atoms. The molecule has 2 fully saturated rings. The average Bonchev–Trinajstić information content (AvgIpc) is 2.21. The molecule has 3 heteroatoms. The number of piperazine rings is 1. The minimum absolute atomic E-state index is 0.433. The zero-order chi connectivity index (χ0) is 15.0. The zero-order valence-electron chi connectivity index (χ0n) is 14.6. The first-order valence-electron chi connectivity index (χ1n) is 8.31. The van der Waals surface area contributed by atoms with Crippen molar-refractivity contribution in [2.45, 2.75) is 47.6 Å². The minimum atomic E-state index is 0.433. The highest BCUT2D eigenvalue weighted by Gasteiger charge is 2.35. The van der Waals surface area contributed by atoms with Crippen LogP contribution in [0.25, 0.3) is 0 Å². The summed E-state index contributed by atoms with van der Waals surface area (Å²) in [4.78, 5) is 7.98. The van der Waals surface area contributed by atoms with Crippen LogP contribution in [0.3, 0.4) is 0 Å². The summed E-state index contributed by atoms with van der Waals surface area (Å²) >= 11 is 0. The van der Waals surface area contributed by atoms with E-state index in [-0.39, 0.29) is 0 Å². The summed E-state index contributed by atoms with van der Waals surface area (Å²) in [5.41, 5.74) is 0.874. The normalized spacial score (nSPS) is 24.9. The predicted molar refractivity (Wildman–Crippen MR) is 87.2 cm³/mol. The third-order valence-electron chi connectivity index (χ3n) is 4.26. The zero-order valence-corrected chi connectivity index (χ0v) is 14.6. The van der Waals surface area contributed by atoms with Gasteiger partial charge in [0.2, 0.25) is 0 Å².